The minimum absolute atomic E-state index is 0. The number of rotatable bonds is 4. The zero-order valence-electron chi connectivity index (χ0n) is 13.7. The Balaban J connectivity index is 0.00000225. The number of thioether (sulfide) groups is 1. The van der Waals surface area contributed by atoms with Crippen LogP contribution in [0.5, 0.6) is 0 Å². The van der Waals surface area contributed by atoms with E-state index in [-0.39, 0.29) is 68.7 Å². The Morgan fingerprint density at radius 2 is 2.04 bits per heavy atom. The van der Waals surface area contributed by atoms with E-state index in [1.165, 1.54) is 4.90 Å². The summed E-state index contributed by atoms with van der Waals surface area (Å²) in [6, 6.07) is 8.95. The molecule has 0 spiro atoms. The van der Waals surface area contributed by atoms with Gasteiger partial charge in [-0.05, 0) is 12.1 Å². The van der Waals surface area contributed by atoms with Crippen molar-refractivity contribution in [1.82, 2.24) is 9.55 Å². The summed E-state index contributed by atoms with van der Waals surface area (Å²) in [6.07, 6.45) is 4.96. The summed E-state index contributed by atoms with van der Waals surface area (Å²) in [4.78, 5) is 33.3. The predicted octanol–water partition coefficient (Wildman–Crippen LogP) is -2.35. The molecule has 1 aliphatic heterocycles. The van der Waals surface area contributed by atoms with E-state index < -0.39 is 5.97 Å². The van der Waals surface area contributed by atoms with Gasteiger partial charge in [0.15, 0.2) is 5.17 Å². The molecule has 1 amide bonds. The predicted molar refractivity (Wildman–Crippen MR) is 90.0 cm³/mol. The van der Waals surface area contributed by atoms with Crippen molar-refractivity contribution in [3.63, 3.8) is 0 Å². The number of carbonyl (C=O) groups is 2. The van der Waals surface area contributed by atoms with Crippen molar-refractivity contribution in [2.24, 2.45) is 12.0 Å². The number of hydrogen-bond acceptors (Lipinski definition) is 6. The minimum atomic E-state index is -1.22. The number of carbonyl (C=O) groups excluding carboxylic acids is 2. The Labute approximate surface area is 191 Å². The number of benzene rings is 1. The third-order valence-corrected chi connectivity index (χ3v) is 4.20. The number of amidine groups is 1. The average Bonchev–Trinajstić information content (AvgIpc) is 3.11. The summed E-state index contributed by atoms with van der Waals surface area (Å²) in [6.45, 7) is 0. The average molecular weight is 380 g/mol. The van der Waals surface area contributed by atoms with Crippen molar-refractivity contribution in [3.8, 4) is 0 Å². The van der Waals surface area contributed by atoms with Gasteiger partial charge in [0.1, 0.15) is 11.5 Å². The Kier molecular flexibility index (Phi) is 7.17. The molecule has 2 heterocycles. The fourth-order valence-corrected chi connectivity index (χ4v) is 2.89. The minimum Gasteiger partial charge on any atom is -0.549 e. The smallest absolute Gasteiger partial charge is 0.549 e. The van der Waals surface area contributed by atoms with Gasteiger partial charge >= 0.3 is 51.4 Å². The third-order valence-electron chi connectivity index (χ3n) is 3.29. The van der Waals surface area contributed by atoms with Crippen molar-refractivity contribution < 1.29 is 66.1 Å². The first-order valence-electron chi connectivity index (χ1n) is 7.06. The number of carboxylic acid groups (broad SMARTS) is 1. The number of aryl methyl sites for hydroxylation is 1. The molecule has 0 N–H and O–H groups in total. The Hall–Kier alpha value is -1.23. The molecule has 3 rings (SSSR count). The van der Waals surface area contributed by atoms with Crippen molar-refractivity contribution in [1.29, 1.82) is 0 Å². The van der Waals surface area contributed by atoms with Gasteiger partial charge in [0, 0.05) is 31.3 Å². The van der Waals surface area contributed by atoms with E-state index in [0.717, 1.165) is 11.8 Å². The molecule has 0 unspecified atom stereocenters. The molecular formula is C16H13KN4O3S. The van der Waals surface area contributed by atoms with Crippen LogP contribution < -0.4 is 61.4 Å². The summed E-state index contributed by atoms with van der Waals surface area (Å²) in [7, 11) is 1.81. The van der Waals surface area contributed by atoms with Gasteiger partial charge in [0.25, 0.3) is 5.91 Å². The fraction of sp³-hybridized carbons (Fsp3) is 0.125. The number of hydrogen-bond donors (Lipinski definition) is 0. The summed E-state index contributed by atoms with van der Waals surface area (Å²) in [5.74, 6) is -1.25. The molecule has 0 aliphatic carbocycles. The summed E-state index contributed by atoms with van der Waals surface area (Å²) in [5, 5.41) is 11.0. The van der Waals surface area contributed by atoms with Gasteiger partial charge in [0.05, 0.1) is 11.7 Å². The van der Waals surface area contributed by atoms with Gasteiger partial charge in [-0.3, -0.25) is 9.69 Å². The van der Waals surface area contributed by atoms with E-state index >= 15 is 0 Å². The third kappa shape index (κ3) is 4.69. The molecule has 2 aromatic rings. The van der Waals surface area contributed by atoms with E-state index in [1.807, 2.05) is 13.1 Å². The maximum Gasteiger partial charge on any atom is 1.00 e. The Bertz CT molecular complexity index is 848. The number of aromatic nitrogens is 2. The van der Waals surface area contributed by atoms with Gasteiger partial charge in [-0.15, -0.1) is 0 Å². The zero-order chi connectivity index (χ0) is 17.1. The number of imidazole rings is 1. The first-order chi connectivity index (χ1) is 11.6. The number of amides is 1. The molecule has 7 nitrogen and oxygen atoms in total. The van der Waals surface area contributed by atoms with E-state index in [0.29, 0.717) is 16.7 Å². The van der Waals surface area contributed by atoms with Crippen molar-refractivity contribution >= 4 is 40.6 Å². The Morgan fingerprint density at radius 1 is 1.32 bits per heavy atom. The maximum absolute atomic E-state index is 12.7. The maximum atomic E-state index is 12.7. The van der Waals surface area contributed by atoms with Crippen LogP contribution in [0.4, 0.5) is 5.69 Å². The number of para-hydroxylation sites is 1. The van der Waals surface area contributed by atoms with E-state index in [4.69, 9.17) is 0 Å². The van der Waals surface area contributed by atoms with Crippen LogP contribution >= 0.6 is 11.8 Å². The zero-order valence-corrected chi connectivity index (χ0v) is 17.7. The van der Waals surface area contributed by atoms with E-state index in [9.17, 15) is 14.7 Å². The summed E-state index contributed by atoms with van der Waals surface area (Å²) < 4.78 is 1.76. The molecule has 9 heteroatoms. The van der Waals surface area contributed by atoms with E-state index in [1.54, 1.807) is 47.3 Å². The monoisotopic (exact) mass is 380 g/mol. The molecule has 0 atom stereocenters. The van der Waals surface area contributed by atoms with Crippen LogP contribution in [0.1, 0.15) is 5.82 Å². The topological polar surface area (TPSA) is 90.6 Å². The Morgan fingerprint density at radius 3 is 2.64 bits per heavy atom. The summed E-state index contributed by atoms with van der Waals surface area (Å²) >= 11 is 0.944. The second-order valence-corrected chi connectivity index (χ2v) is 5.90. The van der Waals surface area contributed by atoms with Gasteiger partial charge in [-0.25, -0.2) is 9.98 Å². The van der Waals surface area contributed by atoms with Gasteiger partial charge < -0.3 is 14.5 Å². The van der Waals surface area contributed by atoms with Crippen molar-refractivity contribution in [2.45, 2.75) is 0 Å². The normalized spacial score (nSPS) is 15.2. The van der Waals surface area contributed by atoms with Gasteiger partial charge in [0.2, 0.25) is 0 Å². The molecule has 1 aromatic heterocycles. The molecule has 25 heavy (non-hydrogen) atoms. The van der Waals surface area contributed by atoms with Crippen LogP contribution in [-0.2, 0) is 16.6 Å². The molecule has 0 radical (unpaired) electrons. The molecule has 122 valence electrons. The van der Waals surface area contributed by atoms with Crippen LogP contribution in [0.15, 0.2) is 53.4 Å². The first kappa shape index (κ1) is 20.1. The molecule has 0 fully saturated rings. The molecule has 1 aliphatic rings. The fourth-order valence-electron chi connectivity index (χ4n) is 2.16. The van der Waals surface area contributed by atoms with E-state index in [2.05, 4.69) is 9.98 Å². The van der Waals surface area contributed by atoms with Crippen LogP contribution in [0.25, 0.3) is 6.08 Å². The number of nitrogens with zero attached hydrogens (tertiary/aromatic N) is 4. The standard InChI is InChI=1S/C16H14N4O3S.K/c1-19-8-7-17-13(19)9-12-15(23)20(11-5-3-2-4-6-11)16(18-12)24-10-14(21)22;/h2-9H,10H2,1H3,(H,21,22);/q;+1/p-1/b12-9-;. The second-order valence-electron chi connectivity index (χ2n) is 4.96. The van der Waals surface area contributed by atoms with Crippen LogP contribution in [0.3, 0.4) is 0 Å². The summed E-state index contributed by atoms with van der Waals surface area (Å²) in [5.41, 5.74) is 0.823. The number of aliphatic carboxylic acids is 1. The van der Waals surface area contributed by atoms with Crippen LogP contribution in [0, 0.1) is 0 Å². The number of aliphatic imine (C=N–C) groups is 1. The molecule has 0 saturated carbocycles. The number of anilines is 1. The molecular weight excluding hydrogens is 367 g/mol. The van der Waals surface area contributed by atoms with Gasteiger partial charge in [-0.2, -0.15) is 0 Å². The van der Waals surface area contributed by atoms with Crippen LogP contribution in [0.2, 0.25) is 0 Å². The second kappa shape index (κ2) is 8.92. The van der Waals surface area contributed by atoms with Crippen LogP contribution in [-0.4, -0.2) is 32.3 Å². The molecule has 0 bridgehead atoms. The van der Waals surface area contributed by atoms with Gasteiger partial charge in [-0.1, -0.05) is 30.0 Å². The number of carboxylic acids is 1. The SMILES string of the molecule is Cn1ccnc1/C=C1\N=C(SCC(=O)[O-])N(c2ccccc2)C1=O.[K+]. The van der Waals surface area contributed by atoms with Crippen molar-refractivity contribution in [3.05, 3.63) is 54.2 Å². The largest absolute Gasteiger partial charge is 1.00 e. The quantitative estimate of drug-likeness (QED) is 0.438. The first-order valence-corrected chi connectivity index (χ1v) is 8.04. The molecule has 0 saturated heterocycles. The van der Waals surface area contributed by atoms with Crippen molar-refractivity contribution in [2.75, 3.05) is 10.7 Å². The molecule has 1 aromatic carbocycles.